The fourth-order valence-electron chi connectivity index (χ4n) is 2.83. The zero-order valence-electron chi connectivity index (χ0n) is 17.3. The van der Waals surface area contributed by atoms with E-state index in [-0.39, 0.29) is 31.2 Å². The van der Waals surface area contributed by atoms with Crippen molar-refractivity contribution in [2.24, 2.45) is 0 Å². The molecule has 0 fully saturated rings. The van der Waals surface area contributed by atoms with Crippen molar-refractivity contribution in [2.45, 2.75) is 32.5 Å². The quantitative estimate of drug-likeness (QED) is 0.364. The molecule has 0 unspecified atom stereocenters. The van der Waals surface area contributed by atoms with Crippen molar-refractivity contribution < 1.29 is 31.6 Å². The van der Waals surface area contributed by atoms with Gasteiger partial charge in [-0.05, 0) is 31.2 Å². The Labute approximate surface area is 185 Å². The van der Waals surface area contributed by atoms with Crippen LogP contribution < -0.4 is 0 Å². The lowest BCUT2D eigenvalue weighted by Crippen LogP contribution is -2.06. The molecule has 4 aromatic rings. The third-order valence-corrected chi connectivity index (χ3v) is 4.60. The highest BCUT2D eigenvalue weighted by Crippen LogP contribution is 2.30. The second kappa shape index (κ2) is 9.23. The van der Waals surface area contributed by atoms with Crippen molar-refractivity contribution in [3.05, 3.63) is 71.4 Å². The van der Waals surface area contributed by atoms with Crippen LogP contribution in [0, 0.1) is 6.92 Å². The number of carbonyl (C=O) groups is 1. The molecule has 0 saturated heterocycles. The summed E-state index contributed by atoms with van der Waals surface area (Å²) in [6.07, 6.45) is -4.24. The van der Waals surface area contributed by atoms with Crippen LogP contribution in [0.2, 0.25) is 0 Å². The Morgan fingerprint density at radius 1 is 0.970 bits per heavy atom. The molecule has 0 spiro atoms. The van der Waals surface area contributed by atoms with Crippen molar-refractivity contribution in [1.82, 2.24) is 20.3 Å². The lowest BCUT2D eigenvalue weighted by Gasteiger charge is -2.05. The minimum Gasteiger partial charge on any atom is -0.456 e. The summed E-state index contributed by atoms with van der Waals surface area (Å²) in [4.78, 5) is 16.0. The first-order chi connectivity index (χ1) is 15.8. The first-order valence-corrected chi connectivity index (χ1v) is 9.83. The molecule has 0 bridgehead atoms. The highest BCUT2D eigenvalue weighted by molar-refractivity contribution is 5.69. The molecule has 2 aromatic heterocycles. The Hall–Kier alpha value is -4.02. The van der Waals surface area contributed by atoms with Crippen LogP contribution in [0.3, 0.4) is 0 Å². The van der Waals surface area contributed by atoms with Gasteiger partial charge in [-0.25, -0.2) is 0 Å². The molecule has 0 aliphatic heterocycles. The van der Waals surface area contributed by atoms with E-state index >= 15 is 0 Å². The largest absolute Gasteiger partial charge is 0.456 e. The smallest absolute Gasteiger partial charge is 0.416 e. The van der Waals surface area contributed by atoms with Gasteiger partial charge in [0.05, 0.1) is 12.0 Å². The molecule has 0 amide bonds. The Balaban J connectivity index is 1.27. The number of esters is 1. The summed E-state index contributed by atoms with van der Waals surface area (Å²) in [7, 11) is 0. The number of aryl methyl sites for hydroxylation is 2. The van der Waals surface area contributed by atoms with Crippen molar-refractivity contribution in [2.75, 3.05) is 0 Å². The van der Waals surface area contributed by atoms with E-state index in [1.165, 1.54) is 12.1 Å². The molecule has 2 aromatic carbocycles. The van der Waals surface area contributed by atoms with E-state index in [0.717, 1.165) is 23.3 Å². The van der Waals surface area contributed by atoms with Gasteiger partial charge < -0.3 is 13.7 Å². The third-order valence-electron chi connectivity index (χ3n) is 4.60. The van der Waals surface area contributed by atoms with E-state index in [1.54, 1.807) is 0 Å². The van der Waals surface area contributed by atoms with E-state index in [4.69, 9.17) is 13.7 Å². The van der Waals surface area contributed by atoms with Crippen LogP contribution in [0.25, 0.3) is 22.8 Å². The van der Waals surface area contributed by atoms with Crippen molar-refractivity contribution >= 4 is 5.97 Å². The number of halogens is 3. The van der Waals surface area contributed by atoms with Crippen LogP contribution in [0.4, 0.5) is 13.2 Å². The zero-order chi connectivity index (χ0) is 23.4. The maximum atomic E-state index is 12.7. The molecular weight excluding hydrogens is 441 g/mol. The van der Waals surface area contributed by atoms with Gasteiger partial charge in [-0.2, -0.15) is 18.2 Å². The van der Waals surface area contributed by atoms with Crippen LogP contribution in [0.15, 0.2) is 57.5 Å². The van der Waals surface area contributed by atoms with Gasteiger partial charge in [0.2, 0.25) is 17.6 Å². The monoisotopic (exact) mass is 458 g/mol. The summed E-state index contributed by atoms with van der Waals surface area (Å²) >= 11 is 0. The van der Waals surface area contributed by atoms with E-state index in [0.29, 0.717) is 17.3 Å². The highest BCUT2D eigenvalue weighted by Gasteiger charge is 2.30. The van der Waals surface area contributed by atoms with Crippen LogP contribution in [0.5, 0.6) is 0 Å². The summed E-state index contributed by atoms with van der Waals surface area (Å²) < 4.78 is 53.6. The van der Waals surface area contributed by atoms with Gasteiger partial charge in [-0.1, -0.05) is 35.0 Å². The van der Waals surface area contributed by atoms with Gasteiger partial charge in [-0.15, -0.1) is 10.2 Å². The van der Waals surface area contributed by atoms with Crippen LogP contribution in [0.1, 0.15) is 29.3 Å². The number of hydrogen-bond donors (Lipinski definition) is 0. The number of rotatable bonds is 7. The standard InChI is InChI=1S/C22H17F3N4O4/c1-13-2-4-15(5-3-13)21-28-27-17(32-21)10-11-19(30)31-12-18-26-20(29-33-18)14-6-8-16(9-7-14)22(23,24)25/h2-9H,10-12H2,1H3. The fraction of sp³-hybridized carbons (Fsp3) is 0.227. The molecule has 0 N–H and O–H groups in total. The molecule has 170 valence electrons. The highest BCUT2D eigenvalue weighted by atomic mass is 19.4. The number of alkyl halides is 3. The Kier molecular flexibility index (Phi) is 6.20. The molecular formula is C22H17F3N4O4. The molecule has 11 heteroatoms. The van der Waals surface area contributed by atoms with E-state index < -0.39 is 17.7 Å². The van der Waals surface area contributed by atoms with Crippen molar-refractivity contribution in [3.8, 4) is 22.8 Å². The van der Waals surface area contributed by atoms with Crippen molar-refractivity contribution in [3.63, 3.8) is 0 Å². The predicted molar refractivity (Wildman–Crippen MR) is 107 cm³/mol. The molecule has 0 aliphatic rings. The summed E-state index contributed by atoms with van der Waals surface area (Å²) in [6, 6.07) is 11.9. The number of carbonyl (C=O) groups excluding carboxylic acids is 1. The summed E-state index contributed by atoms with van der Waals surface area (Å²) in [5.41, 5.74) is 1.44. The summed E-state index contributed by atoms with van der Waals surface area (Å²) in [5.74, 6) is 0.214. The minimum absolute atomic E-state index is 0.00453. The Morgan fingerprint density at radius 3 is 2.36 bits per heavy atom. The van der Waals surface area contributed by atoms with Crippen LogP contribution in [-0.4, -0.2) is 26.3 Å². The molecule has 8 nitrogen and oxygen atoms in total. The third kappa shape index (κ3) is 5.62. The second-order valence-electron chi connectivity index (χ2n) is 7.11. The molecule has 2 heterocycles. The first kappa shape index (κ1) is 22.2. The normalized spacial score (nSPS) is 11.5. The van der Waals surface area contributed by atoms with Crippen molar-refractivity contribution in [1.29, 1.82) is 0 Å². The topological polar surface area (TPSA) is 104 Å². The average Bonchev–Trinajstić information content (AvgIpc) is 3.46. The molecule has 0 radical (unpaired) electrons. The van der Waals surface area contributed by atoms with Crippen LogP contribution >= 0.6 is 0 Å². The van der Waals surface area contributed by atoms with E-state index in [1.807, 2.05) is 31.2 Å². The number of aromatic nitrogens is 4. The first-order valence-electron chi connectivity index (χ1n) is 9.83. The lowest BCUT2D eigenvalue weighted by atomic mass is 10.1. The number of ether oxygens (including phenoxy) is 1. The SMILES string of the molecule is Cc1ccc(-c2nnc(CCC(=O)OCc3nc(-c4ccc(C(F)(F)F)cc4)no3)o2)cc1. The van der Waals surface area contributed by atoms with Crippen LogP contribution in [-0.2, 0) is 28.7 Å². The van der Waals surface area contributed by atoms with E-state index in [2.05, 4.69) is 20.3 Å². The molecule has 33 heavy (non-hydrogen) atoms. The maximum Gasteiger partial charge on any atom is 0.416 e. The number of hydrogen-bond acceptors (Lipinski definition) is 8. The minimum atomic E-state index is -4.43. The van der Waals surface area contributed by atoms with Gasteiger partial charge in [0, 0.05) is 17.5 Å². The fourth-order valence-corrected chi connectivity index (χ4v) is 2.83. The number of nitrogens with zero attached hydrogens (tertiary/aromatic N) is 4. The molecule has 0 saturated carbocycles. The Morgan fingerprint density at radius 2 is 1.67 bits per heavy atom. The number of benzene rings is 2. The summed E-state index contributed by atoms with van der Waals surface area (Å²) in [6.45, 7) is 1.70. The Bertz CT molecular complexity index is 1230. The van der Waals surface area contributed by atoms with Gasteiger partial charge in [0.15, 0.2) is 6.61 Å². The van der Waals surface area contributed by atoms with Gasteiger partial charge in [-0.3, -0.25) is 4.79 Å². The molecule has 0 aliphatic carbocycles. The average molecular weight is 458 g/mol. The van der Waals surface area contributed by atoms with Gasteiger partial charge >= 0.3 is 12.1 Å². The predicted octanol–water partition coefficient (Wildman–Crippen LogP) is 4.79. The lowest BCUT2D eigenvalue weighted by molar-refractivity contribution is -0.145. The molecule has 0 atom stereocenters. The maximum absolute atomic E-state index is 12.7. The second-order valence-corrected chi connectivity index (χ2v) is 7.11. The van der Waals surface area contributed by atoms with Gasteiger partial charge in [0.1, 0.15) is 0 Å². The summed E-state index contributed by atoms with van der Waals surface area (Å²) in [5, 5.41) is 11.6. The zero-order valence-corrected chi connectivity index (χ0v) is 17.3. The van der Waals surface area contributed by atoms with Gasteiger partial charge in [0.25, 0.3) is 5.89 Å². The van der Waals surface area contributed by atoms with E-state index in [9.17, 15) is 18.0 Å². The molecule has 4 rings (SSSR count).